The summed E-state index contributed by atoms with van der Waals surface area (Å²) in [5.74, 6) is 2.43. The number of hydrogen-bond donors (Lipinski definition) is 0. The first kappa shape index (κ1) is 27.8. The second kappa shape index (κ2) is 13.3. The number of nitrogens with zero attached hydrogens (tertiary/aromatic N) is 3. The molecule has 0 aliphatic carbocycles. The van der Waals surface area contributed by atoms with Crippen LogP contribution in [0.1, 0.15) is 29.5 Å². The van der Waals surface area contributed by atoms with Crippen LogP contribution in [0.15, 0.2) is 36.7 Å². The maximum atomic E-state index is 5.50. The standard InChI is InChI=1S/C23H31N3O2.3ClH/c1-27-22-12-20-7-11-26(17-21(20)13-23(22)28-2)16-19-4-3-10-25(15-19)14-18-5-8-24-9-6-18;;;/h5-6,8-9,12-13,19H,3-4,7,10-11,14-17H2,1-2H3;3*1H. The molecule has 1 aromatic carbocycles. The fraction of sp³-hybridized carbons (Fsp3) is 0.522. The Morgan fingerprint density at radius 2 is 1.61 bits per heavy atom. The van der Waals surface area contributed by atoms with Crippen LogP contribution in [0.3, 0.4) is 0 Å². The van der Waals surface area contributed by atoms with Gasteiger partial charge in [0, 0.05) is 45.1 Å². The molecule has 0 saturated carbocycles. The van der Waals surface area contributed by atoms with Crippen LogP contribution >= 0.6 is 37.2 Å². The lowest BCUT2D eigenvalue weighted by molar-refractivity contribution is 0.122. The fourth-order valence-electron chi connectivity index (χ4n) is 4.65. The predicted octanol–water partition coefficient (Wildman–Crippen LogP) is 4.63. The lowest BCUT2D eigenvalue weighted by Crippen LogP contribution is -2.42. The molecule has 2 aliphatic rings. The van der Waals surface area contributed by atoms with Crippen molar-refractivity contribution < 1.29 is 9.47 Å². The Balaban J connectivity index is 0.00000160. The SMILES string of the molecule is COc1cc2c(cc1OC)CN(CC1CCCN(Cc3ccncc3)C1)CC2.Cl.Cl.Cl. The van der Waals surface area contributed by atoms with E-state index >= 15 is 0 Å². The third-order valence-corrected chi connectivity index (χ3v) is 6.07. The van der Waals surface area contributed by atoms with Crippen molar-refractivity contribution in [3.05, 3.63) is 53.3 Å². The number of aromatic nitrogens is 1. The zero-order valence-electron chi connectivity index (χ0n) is 18.3. The average molecular weight is 491 g/mol. The van der Waals surface area contributed by atoms with Gasteiger partial charge in [-0.05, 0) is 72.7 Å². The molecule has 5 nitrogen and oxygen atoms in total. The molecular weight excluding hydrogens is 457 g/mol. The summed E-state index contributed by atoms with van der Waals surface area (Å²) in [6.45, 7) is 6.76. The second-order valence-electron chi connectivity index (χ2n) is 8.06. The molecule has 2 aliphatic heterocycles. The molecule has 1 fully saturated rings. The highest BCUT2D eigenvalue weighted by molar-refractivity contribution is 5.86. The molecule has 0 spiro atoms. The van der Waals surface area contributed by atoms with Crippen molar-refractivity contribution in [3.63, 3.8) is 0 Å². The molecule has 1 saturated heterocycles. The number of likely N-dealkylation sites (tertiary alicyclic amines) is 1. The van der Waals surface area contributed by atoms with E-state index in [9.17, 15) is 0 Å². The summed E-state index contributed by atoms with van der Waals surface area (Å²) in [5.41, 5.74) is 4.15. The third kappa shape index (κ3) is 7.13. The summed E-state index contributed by atoms with van der Waals surface area (Å²) < 4.78 is 11.0. The van der Waals surface area contributed by atoms with Gasteiger partial charge in [-0.3, -0.25) is 14.8 Å². The molecule has 31 heavy (non-hydrogen) atoms. The van der Waals surface area contributed by atoms with Crippen LogP contribution < -0.4 is 9.47 Å². The van der Waals surface area contributed by atoms with Gasteiger partial charge in [-0.2, -0.15) is 0 Å². The predicted molar refractivity (Wildman–Crippen MR) is 133 cm³/mol. The maximum Gasteiger partial charge on any atom is 0.161 e. The van der Waals surface area contributed by atoms with Gasteiger partial charge in [0.2, 0.25) is 0 Å². The summed E-state index contributed by atoms with van der Waals surface area (Å²) >= 11 is 0. The normalized spacial score (nSPS) is 18.6. The summed E-state index contributed by atoms with van der Waals surface area (Å²) in [7, 11) is 3.42. The van der Waals surface area contributed by atoms with Crippen molar-refractivity contribution >= 4 is 37.2 Å². The first-order valence-electron chi connectivity index (χ1n) is 10.3. The Morgan fingerprint density at radius 3 is 2.29 bits per heavy atom. The minimum atomic E-state index is 0. The van der Waals surface area contributed by atoms with Crippen molar-refractivity contribution in [2.75, 3.05) is 40.4 Å². The first-order chi connectivity index (χ1) is 13.7. The number of hydrogen-bond acceptors (Lipinski definition) is 5. The molecule has 3 heterocycles. The van der Waals surface area contributed by atoms with Crippen molar-refractivity contribution in [1.29, 1.82) is 0 Å². The van der Waals surface area contributed by atoms with E-state index in [4.69, 9.17) is 9.47 Å². The van der Waals surface area contributed by atoms with Crippen LogP contribution in [0.4, 0.5) is 0 Å². The molecule has 1 unspecified atom stereocenters. The van der Waals surface area contributed by atoms with E-state index in [0.717, 1.165) is 43.5 Å². The van der Waals surface area contributed by atoms with Crippen molar-refractivity contribution in [2.24, 2.45) is 5.92 Å². The van der Waals surface area contributed by atoms with Crippen molar-refractivity contribution in [1.82, 2.24) is 14.8 Å². The minimum Gasteiger partial charge on any atom is -0.493 e. The van der Waals surface area contributed by atoms with Crippen LogP contribution in [-0.2, 0) is 19.5 Å². The summed E-state index contributed by atoms with van der Waals surface area (Å²) in [6, 6.07) is 8.58. The molecule has 1 atom stereocenters. The quantitative estimate of drug-likeness (QED) is 0.590. The van der Waals surface area contributed by atoms with Gasteiger partial charge in [0.1, 0.15) is 0 Å². The van der Waals surface area contributed by atoms with Crippen LogP contribution in [0, 0.1) is 5.92 Å². The van der Waals surface area contributed by atoms with Gasteiger partial charge in [0.05, 0.1) is 14.2 Å². The Hall–Kier alpha value is -1.24. The highest BCUT2D eigenvalue weighted by atomic mass is 35.5. The van der Waals surface area contributed by atoms with E-state index in [1.807, 2.05) is 12.4 Å². The van der Waals surface area contributed by atoms with E-state index in [-0.39, 0.29) is 37.2 Å². The van der Waals surface area contributed by atoms with E-state index in [1.165, 1.54) is 49.2 Å². The Morgan fingerprint density at radius 1 is 0.935 bits per heavy atom. The minimum absolute atomic E-state index is 0. The smallest absolute Gasteiger partial charge is 0.161 e. The van der Waals surface area contributed by atoms with Crippen LogP contribution in [0.2, 0.25) is 0 Å². The van der Waals surface area contributed by atoms with Gasteiger partial charge in [0.15, 0.2) is 11.5 Å². The average Bonchev–Trinajstić information content (AvgIpc) is 2.73. The molecule has 2 aromatic rings. The molecule has 174 valence electrons. The highest BCUT2D eigenvalue weighted by Gasteiger charge is 2.25. The van der Waals surface area contributed by atoms with Crippen molar-refractivity contribution in [2.45, 2.75) is 32.4 Å². The number of fused-ring (bicyclic) bond motifs is 1. The first-order valence-corrected chi connectivity index (χ1v) is 10.3. The molecule has 1 aromatic heterocycles. The van der Waals surface area contributed by atoms with Gasteiger partial charge in [-0.15, -0.1) is 37.2 Å². The lowest BCUT2D eigenvalue weighted by Gasteiger charge is -2.37. The molecule has 0 N–H and O–H groups in total. The van der Waals surface area contributed by atoms with E-state index in [1.54, 1.807) is 14.2 Å². The summed E-state index contributed by atoms with van der Waals surface area (Å²) in [5, 5.41) is 0. The summed E-state index contributed by atoms with van der Waals surface area (Å²) in [4.78, 5) is 9.36. The molecular formula is C23H34Cl3N3O2. The Labute approximate surface area is 204 Å². The van der Waals surface area contributed by atoms with Gasteiger partial charge in [-0.1, -0.05) is 0 Å². The number of rotatable bonds is 6. The second-order valence-corrected chi connectivity index (χ2v) is 8.06. The van der Waals surface area contributed by atoms with Crippen molar-refractivity contribution in [3.8, 4) is 11.5 Å². The van der Waals surface area contributed by atoms with Crippen LogP contribution in [0.5, 0.6) is 11.5 Å². The van der Waals surface area contributed by atoms with Gasteiger partial charge in [-0.25, -0.2) is 0 Å². The van der Waals surface area contributed by atoms with E-state index in [0.29, 0.717) is 0 Å². The zero-order chi connectivity index (χ0) is 19.3. The third-order valence-electron chi connectivity index (χ3n) is 6.07. The monoisotopic (exact) mass is 489 g/mol. The Kier molecular flexibility index (Phi) is 12.0. The van der Waals surface area contributed by atoms with Crippen LogP contribution in [-0.4, -0.2) is 55.2 Å². The number of pyridine rings is 1. The molecule has 4 rings (SSSR count). The van der Waals surface area contributed by atoms with Crippen LogP contribution in [0.25, 0.3) is 0 Å². The number of methoxy groups -OCH3 is 2. The largest absolute Gasteiger partial charge is 0.493 e. The molecule has 0 bridgehead atoms. The molecule has 0 radical (unpaired) electrons. The maximum absolute atomic E-state index is 5.50. The fourth-order valence-corrected chi connectivity index (χ4v) is 4.65. The number of benzene rings is 1. The number of piperidine rings is 1. The lowest BCUT2D eigenvalue weighted by atomic mass is 9.94. The van der Waals surface area contributed by atoms with Gasteiger partial charge < -0.3 is 9.47 Å². The number of halogens is 3. The topological polar surface area (TPSA) is 37.8 Å². The number of ether oxygens (including phenoxy) is 2. The molecule has 0 amide bonds. The van der Waals surface area contributed by atoms with E-state index in [2.05, 4.69) is 39.0 Å². The Bertz CT molecular complexity index is 795. The highest BCUT2D eigenvalue weighted by Crippen LogP contribution is 2.33. The molecule has 8 heteroatoms. The van der Waals surface area contributed by atoms with E-state index < -0.39 is 0 Å². The zero-order valence-corrected chi connectivity index (χ0v) is 20.7. The summed E-state index contributed by atoms with van der Waals surface area (Å²) in [6.07, 6.45) is 7.51. The van der Waals surface area contributed by atoms with Gasteiger partial charge in [0.25, 0.3) is 0 Å². The van der Waals surface area contributed by atoms with Gasteiger partial charge >= 0.3 is 0 Å².